The number of nitrogens with one attached hydrogen (secondary N) is 1. The molecule has 1 aliphatic heterocycles. The second-order valence-corrected chi connectivity index (χ2v) is 5.02. The van der Waals surface area contributed by atoms with Crippen LogP contribution in [0.1, 0.15) is 12.5 Å². The Labute approximate surface area is 111 Å². The largest absolute Gasteiger partial charge is 0.384 e. The number of hydrogen-bond donors (Lipinski definition) is 1. The number of piperazine rings is 1. The predicted octanol–water partition coefficient (Wildman–Crippen LogP) is 2.04. The van der Waals surface area contributed by atoms with Crippen molar-refractivity contribution in [3.63, 3.8) is 0 Å². The van der Waals surface area contributed by atoms with Crippen molar-refractivity contribution in [2.24, 2.45) is 0 Å². The number of nitrogens with zero attached hydrogens (tertiary/aromatic N) is 2. The monoisotopic (exact) mass is 247 g/mol. The predicted molar refractivity (Wildman–Crippen MR) is 78.2 cm³/mol. The maximum absolute atomic E-state index is 3.53. The molecule has 1 heterocycles. The van der Waals surface area contributed by atoms with E-state index in [1.165, 1.54) is 44.0 Å². The molecule has 3 heteroatoms. The summed E-state index contributed by atoms with van der Waals surface area (Å²) in [6, 6.07) is 8.49. The normalized spacial score (nSPS) is 17.9. The molecule has 0 saturated carbocycles. The summed E-state index contributed by atoms with van der Waals surface area (Å²) in [6.07, 6.45) is 0. The van der Waals surface area contributed by atoms with E-state index in [0.717, 1.165) is 13.1 Å². The van der Waals surface area contributed by atoms with Gasteiger partial charge in [0, 0.05) is 45.0 Å². The van der Waals surface area contributed by atoms with Gasteiger partial charge in [-0.25, -0.2) is 0 Å². The Hall–Kier alpha value is -1.06. The molecule has 0 spiro atoms. The second-order valence-electron chi connectivity index (χ2n) is 5.02. The Morgan fingerprint density at radius 1 is 1.06 bits per heavy atom. The van der Waals surface area contributed by atoms with Gasteiger partial charge in [0.2, 0.25) is 0 Å². The zero-order chi connectivity index (χ0) is 12.8. The van der Waals surface area contributed by atoms with Crippen LogP contribution in [0.4, 0.5) is 5.69 Å². The highest BCUT2D eigenvalue weighted by Crippen LogP contribution is 2.12. The van der Waals surface area contributed by atoms with Crippen molar-refractivity contribution < 1.29 is 0 Å². The fourth-order valence-electron chi connectivity index (χ4n) is 2.45. The lowest BCUT2D eigenvalue weighted by molar-refractivity contribution is 0.141. The van der Waals surface area contributed by atoms with Crippen molar-refractivity contribution in [3.05, 3.63) is 29.8 Å². The summed E-state index contributed by atoms with van der Waals surface area (Å²) < 4.78 is 0. The lowest BCUT2D eigenvalue weighted by Gasteiger charge is -2.34. The molecule has 3 nitrogen and oxygen atoms in total. The van der Waals surface area contributed by atoms with E-state index in [1.807, 2.05) is 0 Å². The number of benzene rings is 1. The summed E-state index contributed by atoms with van der Waals surface area (Å²) in [5.74, 6) is 0. The first-order valence-corrected chi connectivity index (χ1v) is 7.04. The average Bonchev–Trinajstić information content (AvgIpc) is 2.42. The highest BCUT2D eigenvalue weighted by atomic mass is 15.3. The van der Waals surface area contributed by atoms with Crippen LogP contribution in [0.2, 0.25) is 0 Å². The van der Waals surface area contributed by atoms with Gasteiger partial charge in [0.1, 0.15) is 0 Å². The summed E-state index contributed by atoms with van der Waals surface area (Å²) in [7, 11) is 0. The van der Waals surface area contributed by atoms with Gasteiger partial charge in [-0.15, -0.1) is 0 Å². The Bertz CT molecular complexity index is 357. The molecule has 1 aliphatic rings. The van der Waals surface area contributed by atoms with Crippen LogP contribution < -0.4 is 5.32 Å². The third-order valence-corrected chi connectivity index (χ3v) is 3.80. The van der Waals surface area contributed by atoms with E-state index < -0.39 is 0 Å². The molecule has 100 valence electrons. The van der Waals surface area contributed by atoms with Crippen LogP contribution in [-0.2, 0) is 0 Å². The number of aryl methyl sites for hydroxylation is 1. The Balaban J connectivity index is 1.69. The Kier molecular flexibility index (Phi) is 5.02. The maximum atomic E-state index is 3.53. The van der Waals surface area contributed by atoms with E-state index in [1.54, 1.807) is 0 Å². The van der Waals surface area contributed by atoms with Gasteiger partial charge in [0.05, 0.1) is 0 Å². The minimum absolute atomic E-state index is 1.04. The molecule has 0 radical (unpaired) electrons. The molecular weight excluding hydrogens is 222 g/mol. The SMILES string of the molecule is CCN1CCN(CCNc2ccccc2C)CC1. The number of para-hydroxylation sites is 1. The molecule has 1 saturated heterocycles. The summed E-state index contributed by atoms with van der Waals surface area (Å²) in [5.41, 5.74) is 2.60. The van der Waals surface area contributed by atoms with Crippen LogP contribution in [0.25, 0.3) is 0 Å². The number of hydrogen-bond acceptors (Lipinski definition) is 3. The highest BCUT2D eigenvalue weighted by molar-refractivity contribution is 5.50. The zero-order valence-corrected chi connectivity index (χ0v) is 11.7. The second kappa shape index (κ2) is 6.76. The molecule has 18 heavy (non-hydrogen) atoms. The molecule has 1 fully saturated rings. The van der Waals surface area contributed by atoms with Crippen LogP contribution in [0, 0.1) is 6.92 Å². The standard InChI is InChI=1S/C15H25N3/c1-3-17-10-12-18(13-11-17)9-8-16-15-7-5-4-6-14(15)2/h4-7,16H,3,8-13H2,1-2H3. The summed E-state index contributed by atoms with van der Waals surface area (Å²) in [6.45, 7) is 12.6. The minimum atomic E-state index is 1.04. The first-order chi connectivity index (χ1) is 8.79. The molecule has 1 aromatic rings. The minimum Gasteiger partial charge on any atom is -0.384 e. The van der Waals surface area contributed by atoms with E-state index in [9.17, 15) is 0 Å². The van der Waals surface area contributed by atoms with Crippen LogP contribution in [0.3, 0.4) is 0 Å². The van der Waals surface area contributed by atoms with Crippen LogP contribution in [-0.4, -0.2) is 55.6 Å². The van der Waals surface area contributed by atoms with Crippen molar-refractivity contribution in [3.8, 4) is 0 Å². The molecule has 0 amide bonds. The number of anilines is 1. The summed E-state index contributed by atoms with van der Waals surface area (Å²) in [5, 5.41) is 3.53. The Morgan fingerprint density at radius 3 is 2.39 bits per heavy atom. The third kappa shape index (κ3) is 3.72. The smallest absolute Gasteiger partial charge is 0.0370 e. The fraction of sp³-hybridized carbons (Fsp3) is 0.600. The molecule has 1 aromatic carbocycles. The van der Waals surface area contributed by atoms with Gasteiger partial charge in [-0.2, -0.15) is 0 Å². The van der Waals surface area contributed by atoms with E-state index in [-0.39, 0.29) is 0 Å². The van der Waals surface area contributed by atoms with Gasteiger partial charge in [0.25, 0.3) is 0 Å². The summed E-state index contributed by atoms with van der Waals surface area (Å²) >= 11 is 0. The fourth-order valence-corrected chi connectivity index (χ4v) is 2.45. The van der Waals surface area contributed by atoms with Crippen molar-refractivity contribution >= 4 is 5.69 Å². The molecule has 0 atom stereocenters. The van der Waals surface area contributed by atoms with Crippen molar-refractivity contribution in [2.75, 3.05) is 51.1 Å². The highest BCUT2D eigenvalue weighted by Gasteiger charge is 2.14. The van der Waals surface area contributed by atoms with Crippen LogP contribution in [0.15, 0.2) is 24.3 Å². The quantitative estimate of drug-likeness (QED) is 0.859. The molecule has 0 aliphatic carbocycles. The number of likely N-dealkylation sites (N-methyl/N-ethyl adjacent to an activating group) is 1. The first kappa shape index (κ1) is 13.4. The van der Waals surface area contributed by atoms with Gasteiger partial charge < -0.3 is 10.2 Å². The van der Waals surface area contributed by atoms with E-state index in [0.29, 0.717) is 0 Å². The third-order valence-electron chi connectivity index (χ3n) is 3.80. The van der Waals surface area contributed by atoms with Crippen molar-refractivity contribution in [1.29, 1.82) is 0 Å². The van der Waals surface area contributed by atoms with Crippen LogP contribution in [0.5, 0.6) is 0 Å². The molecule has 2 rings (SSSR count). The van der Waals surface area contributed by atoms with E-state index in [2.05, 4.69) is 53.2 Å². The van der Waals surface area contributed by atoms with Crippen LogP contribution >= 0.6 is 0 Å². The van der Waals surface area contributed by atoms with Crippen molar-refractivity contribution in [1.82, 2.24) is 9.80 Å². The lowest BCUT2D eigenvalue weighted by Crippen LogP contribution is -2.47. The van der Waals surface area contributed by atoms with Gasteiger partial charge in [-0.05, 0) is 25.1 Å². The maximum Gasteiger partial charge on any atom is 0.0370 e. The first-order valence-electron chi connectivity index (χ1n) is 7.04. The number of rotatable bonds is 5. The topological polar surface area (TPSA) is 18.5 Å². The van der Waals surface area contributed by atoms with Gasteiger partial charge in [0.15, 0.2) is 0 Å². The van der Waals surface area contributed by atoms with Gasteiger partial charge >= 0.3 is 0 Å². The van der Waals surface area contributed by atoms with Gasteiger partial charge in [-0.3, -0.25) is 4.90 Å². The van der Waals surface area contributed by atoms with Crippen molar-refractivity contribution in [2.45, 2.75) is 13.8 Å². The molecular formula is C15H25N3. The average molecular weight is 247 g/mol. The molecule has 0 aromatic heterocycles. The van der Waals surface area contributed by atoms with Gasteiger partial charge in [-0.1, -0.05) is 25.1 Å². The molecule has 0 unspecified atom stereocenters. The molecule has 0 bridgehead atoms. The molecule has 1 N–H and O–H groups in total. The Morgan fingerprint density at radius 2 is 1.72 bits per heavy atom. The lowest BCUT2D eigenvalue weighted by atomic mass is 10.2. The zero-order valence-electron chi connectivity index (χ0n) is 11.7. The van der Waals surface area contributed by atoms with E-state index >= 15 is 0 Å². The van der Waals surface area contributed by atoms with E-state index in [4.69, 9.17) is 0 Å². The summed E-state index contributed by atoms with van der Waals surface area (Å²) in [4.78, 5) is 5.07.